The Bertz CT molecular complexity index is 227. The fraction of sp³-hybridized carbons (Fsp3) is 0.917. The highest BCUT2D eigenvalue weighted by Crippen LogP contribution is 2.13. The lowest BCUT2D eigenvalue weighted by molar-refractivity contribution is -0.126. The Morgan fingerprint density at radius 1 is 1.22 bits per heavy atom. The molecule has 112 valence electrons. The first-order chi connectivity index (χ1) is 7.04. The number of nitrogens with one attached hydrogen (secondary N) is 2. The van der Waals surface area contributed by atoms with Crippen molar-refractivity contribution in [1.82, 2.24) is 10.6 Å². The smallest absolute Gasteiger partial charge is 0.237 e. The van der Waals surface area contributed by atoms with Crippen molar-refractivity contribution in [1.29, 1.82) is 0 Å². The van der Waals surface area contributed by atoms with E-state index in [0.717, 1.165) is 19.4 Å². The number of rotatable bonds is 4. The van der Waals surface area contributed by atoms with Gasteiger partial charge in [0.2, 0.25) is 5.91 Å². The maximum atomic E-state index is 11.8. The summed E-state index contributed by atoms with van der Waals surface area (Å²) < 4.78 is 0. The van der Waals surface area contributed by atoms with Crippen molar-refractivity contribution in [2.45, 2.75) is 52.6 Å². The third-order valence-corrected chi connectivity index (χ3v) is 3.27. The molecule has 3 atom stereocenters. The van der Waals surface area contributed by atoms with E-state index in [2.05, 4.69) is 38.3 Å². The van der Waals surface area contributed by atoms with Crippen molar-refractivity contribution in [2.24, 2.45) is 11.8 Å². The predicted octanol–water partition coefficient (Wildman–Crippen LogP) is 1.87. The van der Waals surface area contributed by atoms with Gasteiger partial charge in [-0.15, -0.1) is 0 Å². The van der Waals surface area contributed by atoms with Crippen LogP contribution in [0.2, 0.25) is 0 Å². The van der Waals surface area contributed by atoms with Gasteiger partial charge in [-0.05, 0) is 18.3 Å². The van der Waals surface area contributed by atoms with E-state index in [4.69, 9.17) is 0 Å². The highest BCUT2D eigenvalue weighted by Gasteiger charge is 2.29. The molecule has 3 nitrogen and oxygen atoms in total. The zero-order valence-electron chi connectivity index (χ0n) is 11.8. The van der Waals surface area contributed by atoms with Crippen LogP contribution in [0.15, 0.2) is 0 Å². The molecule has 0 spiro atoms. The van der Waals surface area contributed by atoms with Crippen LogP contribution in [0, 0.1) is 11.8 Å². The Morgan fingerprint density at radius 2 is 1.78 bits per heavy atom. The van der Waals surface area contributed by atoms with Crippen LogP contribution >= 0.6 is 40.5 Å². The molecule has 1 fully saturated rings. The van der Waals surface area contributed by atoms with Gasteiger partial charge in [-0.25, -0.2) is 0 Å². The van der Waals surface area contributed by atoms with Gasteiger partial charge in [-0.1, -0.05) is 34.1 Å². The van der Waals surface area contributed by atoms with E-state index in [-0.39, 0.29) is 52.4 Å². The van der Waals surface area contributed by atoms with E-state index in [1.807, 2.05) is 0 Å². The van der Waals surface area contributed by atoms with Crippen molar-refractivity contribution in [3.05, 3.63) is 0 Å². The maximum absolute atomic E-state index is 11.8. The first-order valence-electron chi connectivity index (χ1n) is 6.08. The normalized spacial score (nSPS) is 24.2. The molecule has 1 aliphatic heterocycles. The number of amides is 1. The lowest BCUT2D eigenvalue weighted by atomic mass is 9.94. The summed E-state index contributed by atoms with van der Waals surface area (Å²) >= 11 is 0. The molecule has 1 amide bonds. The van der Waals surface area contributed by atoms with E-state index in [9.17, 15) is 4.79 Å². The molecule has 0 bridgehead atoms. The van der Waals surface area contributed by atoms with Gasteiger partial charge in [-0.2, -0.15) is 40.5 Å². The standard InChI is InChI=1S/C12H24N2O.3H2S/c1-5-9(4)11-7-13-10(6-8(2)3)12(15)14-11;;;/h8-11,13H,5-7H2,1-4H3,(H,14,15);3*1H2/t9?,10-,11+;;;/m0.../s1. The summed E-state index contributed by atoms with van der Waals surface area (Å²) in [5.74, 6) is 1.30. The fourth-order valence-corrected chi connectivity index (χ4v) is 1.99. The monoisotopic (exact) mass is 314 g/mol. The molecule has 1 heterocycles. The minimum atomic E-state index is 0. The molecule has 0 radical (unpaired) electrons. The maximum Gasteiger partial charge on any atom is 0.237 e. The van der Waals surface area contributed by atoms with Gasteiger partial charge in [0, 0.05) is 12.6 Å². The summed E-state index contributed by atoms with van der Waals surface area (Å²) in [4.78, 5) is 11.8. The van der Waals surface area contributed by atoms with E-state index in [1.54, 1.807) is 0 Å². The number of carbonyl (C=O) groups is 1. The first-order valence-corrected chi connectivity index (χ1v) is 6.08. The van der Waals surface area contributed by atoms with Crippen LogP contribution < -0.4 is 10.6 Å². The van der Waals surface area contributed by atoms with Crippen molar-refractivity contribution in [3.8, 4) is 0 Å². The summed E-state index contributed by atoms with van der Waals surface area (Å²) in [6.07, 6.45) is 2.04. The third-order valence-electron chi connectivity index (χ3n) is 3.27. The molecule has 18 heavy (non-hydrogen) atoms. The fourth-order valence-electron chi connectivity index (χ4n) is 1.99. The third kappa shape index (κ3) is 7.16. The van der Waals surface area contributed by atoms with Crippen LogP contribution in [-0.4, -0.2) is 24.5 Å². The number of hydrogen-bond acceptors (Lipinski definition) is 2. The van der Waals surface area contributed by atoms with Crippen LogP contribution in [0.3, 0.4) is 0 Å². The zero-order valence-corrected chi connectivity index (χ0v) is 14.8. The number of hydrogen-bond donors (Lipinski definition) is 2. The Labute approximate surface area is 133 Å². The molecule has 2 N–H and O–H groups in total. The van der Waals surface area contributed by atoms with Crippen LogP contribution in [-0.2, 0) is 4.79 Å². The highest BCUT2D eigenvalue weighted by molar-refractivity contribution is 7.59. The molecular formula is C12H30N2OS3. The highest BCUT2D eigenvalue weighted by atomic mass is 32.1. The average Bonchev–Trinajstić information content (AvgIpc) is 2.19. The van der Waals surface area contributed by atoms with Crippen LogP contribution in [0.1, 0.15) is 40.5 Å². The van der Waals surface area contributed by atoms with Gasteiger partial charge in [0.15, 0.2) is 0 Å². The molecular weight excluding hydrogens is 284 g/mol. The zero-order chi connectivity index (χ0) is 11.4. The quantitative estimate of drug-likeness (QED) is 0.832. The van der Waals surface area contributed by atoms with Gasteiger partial charge in [0.1, 0.15) is 0 Å². The lowest BCUT2D eigenvalue weighted by Crippen LogP contribution is -2.60. The number of carbonyl (C=O) groups excluding carboxylic acids is 1. The van der Waals surface area contributed by atoms with Crippen molar-refractivity contribution in [2.75, 3.05) is 6.54 Å². The minimum absolute atomic E-state index is 0. The van der Waals surface area contributed by atoms with E-state index >= 15 is 0 Å². The molecule has 0 aromatic carbocycles. The molecule has 1 aliphatic rings. The molecule has 6 heteroatoms. The summed E-state index contributed by atoms with van der Waals surface area (Å²) in [6.45, 7) is 9.57. The second kappa shape index (κ2) is 11.3. The Balaban J connectivity index is -0.000000750. The summed E-state index contributed by atoms with van der Waals surface area (Å²) in [5.41, 5.74) is 0. The molecule has 1 rings (SSSR count). The van der Waals surface area contributed by atoms with Gasteiger partial charge in [0.05, 0.1) is 6.04 Å². The van der Waals surface area contributed by atoms with Gasteiger partial charge >= 0.3 is 0 Å². The predicted molar refractivity (Wildman–Crippen MR) is 93.8 cm³/mol. The summed E-state index contributed by atoms with van der Waals surface area (Å²) in [7, 11) is 0. The van der Waals surface area contributed by atoms with Crippen LogP contribution in [0.25, 0.3) is 0 Å². The average molecular weight is 315 g/mol. The summed E-state index contributed by atoms with van der Waals surface area (Å²) in [5, 5.41) is 6.47. The van der Waals surface area contributed by atoms with Gasteiger partial charge in [0.25, 0.3) is 0 Å². The Kier molecular flexibility index (Phi) is 14.8. The van der Waals surface area contributed by atoms with Gasteiger partial charge < -0.3 is 10.6 Å². The second-order valence-electron chi connectivity index (χ2n) is 5.09. The molecule has 0 saturated carbocycles. The first kappa shape index (κ1) is 23.6. The SMILES string of the molecule is CCC(C)[C@H]1CN[C@@H](CC(C)C)C(=O)N1.S.S.S. The van der Waals surface area contributed by atoms with Crippen molar-refractivity contribution < 1.29 is 4.79 Å². The molecule has 1 unspecified atom stereocenters. The van der Waals surface area contributed by atoms with Crippen molar-refractivity contribution >= 4 is 46.4 Å². The molecule has 0 aromatic heterocycles. The second-order valence-corrected chi connectivity index (χ2v) is 5.09. The van der Waals surface area contributed by atoms with Crippen LogP contribution in [0.5, 0.6) is 0 Å². The number of piperazine rings is 1. The largest absolute Gasteiger partial charge is 0.350 e. The molecule has 1 saturated heterocycles. The molecule has 0 aliphatic carbocycles. The van der Waals surface area contributed by atoms with Crippen LogP contribution in [0.4, 0.5) is 0 Å². The van der Waals surface area contributed by atoms with E-state index < -0.39 is 0 Å². The molecule has 0 aromatic rings. The summed E-state index contributed by atoms with van der Waals surface area (Å²) in [6, 6.07) is 0.330. The Morgan fingerprint density at radius 3 is 2.17 bits per heavy atom. The van der Waals surface area contributed by atoms with E-state index in [1.165, 1.54) is 0 Å². The lowest BCUT2D eigenvalue weighted by Gasteiger charge is -2.34. The minimum Gasteiger partial charge on any atom is -0.350 e. The topological polar surface area (TPSA) is 41.1 Å². The van der Waals surface area contributed by atoms with Gasteiger partial charge in [-0.3, -0.25) is 4.79 Å². The Hall–Kier alpha value is 0.480. The van der Waals surface area contributed by atoms with E-state index in [0.29, 0.717) is 17.9 Å². The van der Waals surface area contributed by atoms with Crippen molar-refractivity contribution in [3.63, 3.8) is 0 Å².